The van der Waals surface area contributed by atoms with Crippen LogP contribution in [0.3, 0.4) is 0 Å². The fraction of sp³-hybridized carbons (Fsp3) is 0.316. The quantitative estimate of drug-likeness (QED) is 0.894. The standard InChI is InChI=1S/C19H22N2O3S/c1-15(16-8-3-2-4-9-16)20-25(23,24)18-11-7-10-17(14-18)19(22)21-12-5-6-13-21/h2-4,7-11,14-15,20H,5-6,12-13H2,1H3. The van der Waals surface area contributed by atoms with Crippen molar-refractivity contribution in [2.45, 2.75) is 30.7 Å². The number of benzene rings is 2. The Morgan fingerprint density at radius 3 is 2.40 bits per heavy atom. The third-order valence-corrected chi connectivity index (χ3v) is 5.95. The third-order valence-electron chi connectivity index (χ3n) is 4.42. The van der Waals surface area contributed by atoms with Crippen LogP contribution in [0.1, 0.15) is 41.7 Å². The minimum Gasteiger partial charge on any atom is -0.339 e. The predicted molar refractivity (Wildman–Crippen MR) is 96.8 cm³/mol. The number of carbonyl (C=O) groups excluding carboxylic acids is 1. The zero-order chi connectivity index (χ0) is 17.9. The number of rotatable bonds is 5. The zero-order valence-electron chi connectivity index (χ0n) is 14.2. The van der Waals surface area contributed by atoms with Gasteiger partial charge in [-0.15, -0.1) is 0 Å². The topological polar surface area (TPSA) is 66.5 Å². The Bertz CT molecular complexity index is 844. The lowest BCUT2D eigenvalue weighted by molar-refractivity contribution is 0.0792. The van der Waals surface area contributed by atoms with Gasteiger partial charge in [-0.1, -0.05) is 36.4 Å². The molecular formula is C19H22N2O3S. The van der Waals surface area contributed by atoms with Crippen LogP contribution < -0.4 is 4.72 Å². The van der Waals surface area contributed by atoms with Crippen LogP contribution in [-0.4, -0.2) is 32.3 Å². The molecule has 2 aromatic rings. The summed E-state index contributed by atoms with van der Waals surface area (Å²) in [4.78, 5) is 14.4. The monoisotopic (exact) mass is 358 g/mol. The third kappa shape index (κ3) is 4.08. The van der Waals surface area contributed by atoms with Crippen LogP contribution in [0.5, 0.6) is 0 Å². The maximum Gasteiger partial charge on any atom is 0.253 e. The number of carbonyl (C=O) groups is 1. The van der Waals surface area contributed by atoms with Gasteiger partial charge in [0.2, 0.25) is 10.0 Å². The van der Waals surface area contributed by atoms with Crippen molar-refractivity contribution in [2.24, 2.45) is 0 Å². The summed E-state index contributed by atoms with van der Waals surface area (Å²) >= 11 is 0. The summed E-state index contributed by atoms with van der Waals surface area (Å²) in [6.45, 7) is 3.27. The average Bonchev–Trinajstić information content (AvgIpc) is 3.16. The molecule has 0 spiro atoms. The van der Waals surface area contributed by atoms with E-state index < -0.39 is 10.0 Å². The molecule has 1 aliphatic rings. The molecule has 2 aromatic carbocycles. The molecule has 132 valence electrons. The molecule has 6 heteroatoms. The van der Waals surface area contributed by atoms with Gasteiger partial charge in [0.15, 0.2) is 0 Å². The highest BCUT2D eigenvalue weighted by molar-refractivity contribution is 7.89. The van der Waals surface area contributed by atoms with E-state index in [1.165, 1.54) is 12.1 Å². The summed E-state index contributed by atoms with van der Waals surface area (Å²) in [6, 6.07) is 15.3. The number of sulfonamides is 1. The Kier molecular flexibility index (Phi) is 5.20. The van der Waals surface area contributed by atoms with Crippen LogP contribution >= 0.6 is 0 Å². The van der Waals surface area contributed by atoms with Gasteiger partial charge in [0.05, 0.1) is 4.90 Å². The van der Waals surface area contributed by atoms with E-state index in [-0.39, 0.29) is 16.8 Å². The normalized spacial score (nSPS) is 16.0. The zero-order valence-corrected chi connectivity index (χ0v) is 15.0. The molecule has 1 atom stereocenters. The van der Waals surface area contributed by atoms with E-state index in [1.807, 2.05) is 30.3 Å². The van der Waals surface area contributed by atoms with Gasteiger partial charge in [-0.25, -0.2) is 13.1 Å². The highest BCUT2D eigenvalue weighted by Crippen LogP contribution is 2.19. The molecule has 1 aliphatic heterocycles. The Labute approximate surface area is 148 Å². The highest BCUT2D eigenvalue weighted by Gasteiger charge is 2.23. The van der Waals surface area contributed by atoms with E-state index in [4.69, 9.17) is 0 Å². The van der Waals surface area contributed by atoms with E-state index in [9.17, 15) is 13.2 Å². The maximum atomic E-state index is 12.7. The molecular weight excluding hydrogens is 336 g/mol. The van der Waals surface area contributed by atoms with Gasteiger partial charge in [-0.2, -0.15) is 0 Å². The minimum absolute atomic E-state index is 0.106. The van der Waals surface area contributed by atoms with Crippen LogP contribution in [0.25, 0.3) is 0 Å². The van der Waals surface area contributed by atoms with E-state index in [0.29, 0.717) is 5.56 Å². The minimum atomic E-state index is -3.71. The van der Waals surface area contributed by atoms with Gasteiger partial charge in [-0.05, 0) is 43.5 Å². The summed E-state index contributed by atoms with van der Waals surface area (Å²) in [6.07, 6.45) is 2.00. The summed E-state index contributed by atoms with van der Waals surface area (Å²) in [7, 11) is -3.71. The van der Waals surface area contributed by atoms with Crippen molar-refractivity contribution in [1.29, 1.82) is 0 Å². The molecule has 1 saturated heterocycles. The van der Waals surface area contributed by atoms with E-state index in [1.54, 1.807) is 24.0 Å². The number of hydrogen-bond acceptors (Lipinski definition) is 3. The molecule has 1 amide bonds. The van der Waals surface area contributed by atoms with Crippen molar-refractivity contribution in [3.8, 4) is 0 Å². The van der Waals surface area contributed by atoms with Crippen molar-refractivity contribution >= 4 is 15.9 Å². The van der Waals surface area contributed by atoms with Crippen LogP contribution in [0, 0.1) is 0 Å². The van der Waals surface area contributed by atoms with Gasteiger partial charge in [0.1, 0.15) is 0 Å². The molecule has 0 radical (unpaired) electrons. The molecule has 0 bridgehead atoms. The first kappa shape index (κ1) is 17.6. The molecule has 1 N–H and O–H groups in total. The van der Waals surface area contributed by atoms with Crippen molar-refractivity contribution in [3.63, 3.8) is 0 Å². The summed E-state index contributed by atoms with van der Waals surface area (Å²) in [5, 5.41) is 0. The fourth-order valence-electron chi connectivity index (χ4n) is 3.01. The molecule has 25 heavy (non-hydrogen) atoms. The lowest BCUT2D eigenvalue weighted by Gasteiger charge is -2.17. The van der Waals surface area contributed by atoms with Crippen molar-refractivity contribution in [2.75, 3.05) is 13.1 Å². The molecule has 3 rings (SSSR count). The second-order valence-corrected chi connectivity index (χ2v) is 7.99. The van der Waals surface area contributed by atoms with Crippen LogP contribution in [0.15, 0.2) is 59.5 Å². The van der Waals surface area contributed by atoms with Crippen LogP contribution in [0.2, 0.25) is 0 Å². The summed E-state index contributed by atoms with van der Waals surface area (Å²) in [5.41, 5.74) is 1.30. The largest absolute Gasteiger partial charge is 0.339 e. The molecule has 1 fully saturated rings. The predicted octanol–water partition coefficient (Wildman–Crippen LogP) is 2.96. The average molecular weight is 358 g/mol. The molecule has 0 saturated carbocycles. The van der Waals surface area contributed by atoms with Crippen molar-refractivity contribution in [1.82, 2.24) is 9.62 Å². The Morgan fingerprint density at radius 1 is 1.04 bits per heavy atom. The van der Waals surface area contributed by atoms with E-state index in [0.717, 1.165) is 31.5 Å². The molecule has 0 aromatic heterocycles. The number of likely N-dealkylation sites (tertiary alicyclic amines) is 1. The first-order chi connectivity index (χ1) is 12.0. The molecule has 1 heterocycles. The Hall–Kier alpha value is -2.18. The van der Waals surface area contributed by atoms with Crippen molar-refractivity contribution in [3.05, 3.63) is 65.7 Å². The summed E-state index contributed by atoms with van der Waals surface area (Å²) in [5.74, 6) is -0.106. The molecule has 0 aliphatic carbocycles. The van der Waals surface area contributed by atoms with Gasteiger partial charge in [0, 0.05) is 24.7 Å². The van der Waals surface area contributed by atoms with Gasteiger partial charge >= 0.3 is 0 Å². The van der Waals surface area contributed by atoms with E-state index in [2.05, 4.69) is 4.72 Å². The Balaban J connectivity index is 1.80. The molecule has 1 unspecified atom stereocenters. The number of hydrogen-bond donors (Lipinski definition) is 1. The highest BCUT2D eigenvalue weighted by atomic mass is 32.2. The SMILES string of the molecule is CC(NS(=O)(=O)c1cccc(C(=O)N2CCCC2)c1)c1ccccc1. The maximum absolute atomic E-state index is 12.7. The number of nitrogens with zero attached hydrogens (tertiary/aromatic N) is 1. The smallest absolute Gasteiger partial charge is 0.253 e. The second kappa shape index (κ2) is 7.37. The Morgan fingerprint density at radius 2 is 1.72 bits per heavy atom. The van der Waals surface area contributed by atoms with Crippen LogP contribution in [-0.2, 0) is 10.0 Å². The first-order valence-corrected chi connectivity index (χ1v) is 9.92. The summed E-state index contributed by atoms with van der Waals surface area (Å²) < 4.78 is 28.0. The van der Waals surface area contributed by atoms with Gasteiger partial charge < -0.3 is 4.90 Å². The van der Waals surface area contributed by atoms with Crippen molar-refractivity contribution < 1.29 is 13.2 Å². The fourth-order valence-corrected chi connectivity index (χ4v) is 4.29. The lowest BCUT2D eigenvalue weighted by atomic mass is 10.1. The van der Waals surface area contributed by atoms with Gasteiger partial charge in [-0.3, -0.25) is 4.79 Å². The first-order valence-electron chi connectivity index (χ1n) is 8.44. The number of nitrogens with one attached hydrogen (secondary N) is 1. The van der Waals surface area contributed by atoms with Crippen LogP contribution in [0.4, 0.5) is 0 Å². The lowest BCUT2D eigenvalue weighted by Crippen LogP contribution is -2.29. The van der Waals surface area contributed by atoms with Gasteiger partial charge in [0.25, 0.3) is 5.91 Å². The second-order valence-electron chi connectivity index (χ2n) is 6.28. The van der Waals surface area contributed by atoms with E-state index >= 15 is 0 Å². The number of amides is 1. The molecule has 5 nitrogen and oxygen atoms in total.